The molecule has 1 amide bonds. The Kier molecular flexibility index (Phi) is 8.38. The molecule has 8 nitrogen and oxygen atoms in total. The molecule has 35 heavy (non-hydrogen) atoms. The number of carbonyl (C=O) groups excluding carboxylic acids is 1. The second-order valence-corrected chi connectivity index (χ2v) is 9.75. The van der Waals surface area contributed by atoms with Crippen molar-refractivity contribution >= 4 is 29.3 Å². The fourth-order valence-corrected chi connectivity index (χ4v) is 4.49. The zero-order valence-corrected chi connectivity index (χ0v) is 21.6. The minimum Gasteiger partial charge on any atom is -0.507 e. The Bertz CT molecular complexity index is 1100. The Hall–Kier alpha value is -3.13. The molecule has 0 aliphatic carbocycles. The SMILES string of the molecule is Cc1c(C)c2c(c(C)c1O)CCC(C)(CCCCN(Cl)C(=O)COc1ccc(N=C(N)N)cc1)O2. The molecule has 1 aliphatic rings. The number of hydrogen-bond acceptors (Lipinski definition) is 5. The maximum atomic E-state index is 12.3. The number of nitrogens with zero attached hydrogens (tertiary/aromatic N) is 2. The van der Waals surface area contributed by atoms with Crippen LogP contribution < -0.4 is 20.9 Å². The summed E-state index contributed by atoms with van der Waals surface area (Å²) in [6.45, 7) is 8.26. The van der Waals surface area contributed by atoms with Gasteiger partial charge in [0.05, 0.1) is 5.69 Å². The van der Waals surface area contributed by atoms with Gasteiger partial charge in [-0.05, 0) is 101 Å². The summed E-state index contributed by atoms with van der Waals surface area (Å²) in [4.78, 5) is 16.3. The van der Waals surface area contributed by atoms with Gasteiger partial charge in [0.2, 0.25) is 0 Å². The number of rotatable bonds is 9. The maximum Gasteiger partial charge on any atom is 0.274 e. The molecule has 0 radical (unpaired) electrons. The summed E-state index contributed by atoms with van der Waals surface area (Å²) in [5.74, 6) is 1.46. The van der Waals surface area contributed by atoms with Gasteiger partial charge < -0.3 is 26.0 Å². The third-order valence-corrected chi connectivity index (χ3v) is 6.99. The van der Waals surface area contributed by atoms with E-state index in [0.29, 0.717) is 23.7 Å². The smallest absolute Gasteiger partial charge is 0.274 e. The quantitative estimate of drug-likeness (QED) is 0.200. The predicted molar refractivity (Wildman–Crippen MR) is 138 cm³/mol. The van der Waals surface area contributed by atoms with Crippen molar-refractivity contribution in [2.24, 2.45) is 16.5 Å². The van der Waals surface area contributed by atoms with Crippen LogP contribution in [0.5, 0.6) is 17.2 Å². The molecule has 1 heterocycles. The molecule has 0 saturated carbocycles. The minimum atomic E-state index is -0.310. The minimum absolute atomic E-state index is 0.0268. The third kappa shape index (κ3) is 6.51. The van der Waals surface area contributed by atoms with Crippen LogP contribution in [0.3, 0.4) is 0 Å². The molecule has 9 heteroatoms. The van der Waals surface area contributed by atoms with Crippen LogP contribution in [0.25, 0.3) is 0 Å². The third-order valence-electron chi connectivity index (χ3n) is 6.63. The molecule has 0 aromatic heterocycles. The topological polar surface area (TPSA) is 123 Å². The first-order valence-electron chi connectivity index (χ1n) is 11.8. The summed E-state index contributed by atoms with van der Waals surface area (Å²) in [5.41, 5.74) is 14.9. The Morgan fingerprint density at radius 1 is 1.17 bits per heavy atom. The van der Waals surface area contributed by atoms with E-state index >= 15 is 0 Å². The molecule has 2 aromatic carbocycles. The van der Waals surface area contributed by atoms with Gasteiger partial charge in [0.25, 0.3) is 5.91 Å². The number of unbranched alkanes of at least 4 members (excludes halogenated alkanes) is 1. The molecule has 2 aromatic rings. The largest absolute Gasteiger partial charge is 0.507 e. The number of phenolic OH excluding ortho intramolecular Hbond substituents is 1. The van der Waals surface area contributed by atoms with Gasteiger partial charge in [-0.2, -0.15) is 0 Å². The fourth-order valence-electron chi connectivity index (χ4n) is 4.33. The summed E-state index contributed by atoms with van der Waals surface area (Å²) in [6.07, 6.45) is 4.21. The van der Waals surface area contributed by atoms with Crippen LogP contribution >= 0.6 is 11.8 Å². The average Bonchev–Trinajstić information content (AvgIpc) is 2.83. The van der Waals surface area contributed by atoms with Crippen LogP contribution in [-0.2, 0) is 11.2 Å². The number of nitrogens with two attached hydrogens (primary N) is 2. The van der Waals surface area contributed by atoms with Crippen molar-refractivity contribution in [3.05, 3.63) is 46.5 Å². The van der Waals surface area contributed by atoms with E-state index in [-0.39, 0.29) is 24.1 Å². The molecule has 3 rings (SSSR count). The Morgan fingerprint density at radius 3 is 2.51 bits per heavy atom. The zero-order valence-electron chi connectivity index (χ0n) is 20.9. The van der Waals surface area contributed by atoms with E-state index in [4.69, 9.17) is 32.7 Å². The second-order valence-electron chi connectivity index (χ2n) is 9.34. The molecule has 0 bridgehead atoms. The van der Waals surface area contributed by atoms with E-state index in [1.807, 2.05) is 20.8 Å². The monoisotopic (exact) mass is 502 g/mol. The fraction of sp³-hybridized carbons (Fsp3) is 0.462. The first-order valence-corrected chi connectivity index (χ1v) is 12.1. The summed E-state index contributed by atoms with van der Waals surface area (Å²) in [6, 6.07) is 6.75. The van der Waals surface area contributed by atoms with Crippen molar-refractivity contribution in [2.75, 3.05) is 13.2 Å². The number of aromatic hydroxyl groups is 1. The Balaban J connectivity index is 1.44. The number of carbonyl (C=O) groups is 1. The average molecular weight is 503 g/mol. The number of aliphatic imine (C=N–C) groups is 1. The van der Waals surface area contributed by atoms with E-state index in [0.717, 1.165) is 60.1 Å². The van der Waals surface area contributed by atoms with Crippen molar-refractivity contribution in [1.82, 2.24) is 4.42 Å². The number of amides is 1. The molecule has 1 aliphatic heterocycles. The Morgan fingerprint density at radius 2 is 1.86 bits per heavy atom. The van der Waals surface area contributed by atoms with Crippen LogP contribution in [-0.4, -0.2) is 40.1 Å². The molecule has 0 fully saturated rings. The highest BCUT2D eigenvalue weighted by atomic mass is 35.5. The maximum absolute atomic E-state index is 12.3. The second kappa shape index (κ2) is 11.1. The highest BCUT2D eigenvalue weighted by Gasteiger charge is 2.34. The van der Waals surface area contributed by atoms with Gasteiger partial charge in [-0.1, -0.05) is 0 Å². The van der Waals surface area contributed by atoms with E-state index in [9.17, 15) is 9.90 Å². The first-order chi connectivity index (χ1) is 16.5. The molecule has 190 valence electrons. The molecule has 5 N–H and O–H groups in total. The van der Waals surface area contributed by atoms with E-state index in [1.165, 1.54) is 4.42 Å². The number of benzene rings is 2. The van der Waals surface area contributed by atoms with Crippen molar-refractivity contribution in [3.63, 3.8) is 0 Å². The van der Waals surface area contributed by atoms with Crippen molar-refractivity contribution < 1.29 is 19.4 Å². The standard InChI is InChI=1S/C26H35ClN4O4/c1-16-17(2)24-21(18(3)23(16)33)11-13-26(4,35-24)12-5-6-14-31(27)22(32)15-34-20-9-7-19(8-10-20)30-25(28)29/h7-10,33H,5-6,11-15H2,1-4H3,(H4,28,29,30). The Labute approximate surface area is 212 Å². The van der Waals surface area contributed by atoms with Gasteiger partial charge in [-0.25, -0.2) is 4.99 Å². The molecular weight excluding hydrogens is 468 g/mol. The summed E-state index contributed by atoms with van der Waals surface area (Å²) >= 11 is 6.18. The van der Waals surface area contributed by atoms with Crippen molar-refractivity contribution in [1.29, 1.82) is 0 Å². The lowest BCUT2D eigenvalue weighted by Gasteiger charge is -2.38. The summed E-state index contributed by atoms with van der Waals surface area (Å²) in [7, 11) is 0. The molecule has 1 atom stereocenters. The lowest BCUT2D eigenvalue weighted by atomic mass is 9.85. The van der Waals surface area contributed by atoms with Crippen molar-refractivity contribution in [2.45, 2.75) is 65.4 Å². The van der Waals surface area contributed by atoms with E-state index in [2.05, 4.69) is 11.9 Å². The van der Waals surface area contributed by atoms with E-state index < -0.39 is 0 Å². The summed E-state index contributed by atoms with van der Waals surface area (Å²) < 4.78 is 13.2. The lowest BCUT2D eigenvalue weighted by Crippen LogP contribution is -2.37. The molecule has 1 unspecified atom stereocenters. The molecule has 0 saturated heterocycles. The highest BCUT2D eigenvalue weighted by molar-refractivity contribution is 6.21. The number of phenols is 1. The molecular formula is C26H35ClN4O4. The van der Waals surface area contributed by atoms with Gasteiger partial charge in [-0.3, -0.25) is 9.21 Å². The van der Waals surface area contributed by atoms with Crippen molar-refractivity contribution in [3.8, 4) is 17.2 Å². The number of fused-ring (bicyclic) bond motifs is 1. The zero-order chi connectivity index (χ0) is 25.8. The number of hydrogen-bond donors (Lipinski definition) is 3. The van der Waals surface area contributed by atoms with Gasteiger partial charge in [0.1, 0.15) is 22.8 Å². The lowest BCUT2D eigenvalue weighted by molar-refractivity contribution is -0.128. The van der Waals surface area contributed by atoms with Crippen LogP contribution in [0.2, 0.25) is 0 Å². The normalized spacial score (nSPS) is 16.7. The predicted octanol–water partition coefficient (Wildman–Crippen LogP) is 4.54. The van der Waals surface area contributed by atoms with Gasteiger partial charge in [0.15, 0.2) is 12.6 Å². The van der Waals surface area contributed by atoms with Crippen LogP contribution in [0, 0.1) is 20.8 Å². The van der Waals surface area contributed by atoms with Gasteiger partial charge in [0, 0.05) is 23.9 Å². The van der Waals surface area contributed by atoms with Crippen LogP contribution in [0.1, 0.15) is 54.9 Å². The number of halogens is 1. The van der Waals surface area contributed by atoms with Gasteiger partial charge in [-0.15, -0.1) is 0 Å². The molecule has 0 spiro atoms. The number of guanidine groups is 1. The summed E-state index contributed by atoms with van der Waals surface area (Å²) in [5, 5.41) is 10.4. The van der Waals surface area contributed by atoms with Crippen LogP contribution in [0.15, 0.2) is 29.3 Å². The highest BCUT2D eigenvalue weighted by Crippen LogP contribution is 2.44. The van der Waals surface area contributed by atoms with E-state index in [1.54, 1.807) is 24.3 Å². The first kappa shape index (κ1) is 26.5. The number of ether oxygens (including phenoxy) is 2. The van der Waals surface area contributed by atoms with Crippen LogP contribution in [0.4, 0.5) is 5.69 Å². The van der Waals surface area contributed by atoms with Gasteiger partial charge >= 0.3 is 0 Å².